The summed E-state index contributed by atoms with van der Waals surface area (Å²) in [5.74, 6) is 0. The summed E-state index contributed by atoms with van der Waals surface area (Å²) in [4.78, 5) is 1.29. The molecule has 0 radical (unpaired) electrons. The number of likely N-dealkylation sites (N-methyl/N-ethyl adjacent to an activating group) is 1. The number of thioether (sulfide) groups is 1. The van der Waals surface area contributed by atoms with E-state index in [1.54, 1.807) is 17.8 Å². The molecule has 1 unspecified atom stereocenters. The van der Waals surface area contributed by atoms with E-state index in [1.165, 1.54) is 10.5 Å². The zero-order valence-electron chi connectivity index (χ0n) is 11.5. The molecule has 2 aromatic rings. The van der Waals surface area contributed by atoms with Crippen LogP contribution in [-0.4, -0.2) is 13.3 Å². The Labute approximate surface area is 134 Å². The lowest BCUT2D eigenvalue weighted by Gasteiger charge is -2.20. The highest BCUT2D eigenvalue weighted by Gasteiger charge is 2.15. The SMILES string of the molecule is CNC(Cc1ccc(Cl)cc1Cl)c1ccccc1SC. The smallest absolute Gasteiger partial charge is 0.0453 e. The van der Waals surface area contributed by atoms with Gasteiger partial charge in [-0.15, -0.1) is 11.8 Å². The number of hydrogen-bond acceptors (Lipinski definition) is 2. The van der Waals surface area contributed by atoms with Crippen molar-refractivity contribution in [3.05, 3.63) is 63.6 Å². The van der Waals surface area contributed by atoms with Gasteiger partial charge in [0.15, 0.2) is 0 Å². The van der Waals surface area contributed by atoms with E-state index >= 15 is 0 Å². The van der Waals surface area contributed by atoms with E-state index in [0.717, 1.165) is 17.0 Å². The van der Waals surface area contributed by atoms with Gasteiger partial charge in [0.1, 0.15) is 0 Å². The predicted molar refractivity (Wildman–Crippen MR) is 90.2 cm³/mol. The molecule has 2 aromatic carbocycles. The molecule has 1 atom stereocenters. The van der Waals surface area contributed by atoms with Gasteiger partial charge in [-0.3, -0.25) is 0 Å². The minimum atomic E-state index is 0.234. The van der Waals surface area contributed by atoms with Crippen molar-refractivity contribution < 1.29 is 0 Å². The maximum Gasteiger partial charge on any atom is 0.0453 e. The molecule has 0 saturated carbocycles. The second kappa shape index (κ2) is 7.37. The molecule has 0 spiro atoms. The second-order valence-electron chi connectivity index (χ2n) is 4.52. The van der Waals surface area contributed by atoms with Gasteiger partial charge in [-0.2, -0.15) is 0 Å². The van der Waals surface area contributed by atoms with Gasteiger partial charge < -0.3 is 5.32 Å². The largest absolute Gasteiger partial charge is 0.313 e. The summed E-state index contributed by atoms with van der Waals surface area (Å²) < 4.78 is 0. The highest BCUT2D eigenvalue weighted by Crippen LogP contribution is 2.30. The summed E-state index contributed by atoms with van der Waals surface area (Å²) in [6.07, 6.45) is 2.94. The van der Waals surface area contributed by atoms with Crippen LogP contribution in [0, 0.1) is 0 Å². The Morgan fingerprint density at radius 1 is 1.15 bits per heavy atom. The number of rotatable bonds is 5. The molecule has 106 valence electrons. The van der Waals surface area contributed by atoms with Crippen LogP contribution in [0.4, 0.5) is 0 Å². The Kier molecular flexibility index (Phi) is 5.79. The molecular weight excluding hydrogens is 309 g/mol. The molecule has 0 heterocycles. The summed E-state index contributed by atoms with van der Waals surface area (Å²) in [6.45, 7) is 0. The van der Waals surface area contributed by atoms with Crippen LogP contribution in [0.15, 0.2) is 47.4 Å². The summed E-state index contributed by atoms with van der Waals surface area (Å²) in [7, 11) is 1.98. The fourth-order valence-corrected chi connectivity index (χ4v) is 3.38. The fraction of sp³-hybridized carbons (Fsp3) is 0.250. The first-order valence-corrected chi connectivity index (χ1v) is 8.38. The zero-order valence-corrected chi connectivity index (χ0v) is 13.8. The van der Waals surface area contributed by atoms with Gasteiger partial charge in [0, 0.05) is 21.0 Å². The van der Waals surface area contributed by atoms with E-state index in [4.69, 9.17) is 23.2 Å². The summed E-state index contributed by atoms with van der Waals surface area (Å²) in [5, 5.41) is 4.77. The van der Waals surface area contributed by atoms with Gasteiger partial charge in [0.25, 0.3) is 0 Å². The Morgan fingerprint density at radius 3 is 2.55 bits per heavy atom. The topological polar surface area (TPSA) is 12.0 Å². The first-order valence-electron chi connectivity index (χ1n) is 6.39. The van der Waals surface area contributed by atoms with Crippen LogP contribution in [0.3, 0.4) is 0 Å². The average Bonchev–Trinajstić information content (AvgIpc) is 2.46. The Hall–Kier alpha value is -0.670. The number of nitrogens with one attached hydrogen (secondary N) is 1. The van der Waals surface area contributed by atoms with Gasteiger partial charge in [-0.05, 0) is 49.1 Å². The summed E-state index contributed by atoms with van der Waals surface area (Å²) in [6, 6.07) is 14.4. The maximum absolute atomic E-state index is 6.27. The van der Waals surface area contributed by atoms with Gasteiger partial charge in [-0.1, -0.05) is 47.5 Å². The molecule has 0 fully saturated rings. The van der Waals surface area contributed by atoms with Gasteiger partial charge in [0.05, 0.1) is 0 Å². The quantitative estimate of drug-likeness (QED) is 0.756. The van der Waals surface area contributed by atoms with Crippen LogP contribution in [0.2, 0.25) is 10.0 Å². The monoisotopic (exact) mass is 325 g/mol. The van der Waals surface area contributed by atoms with E-state index < -0.39 is 0 Å². The molecular formula is C16H17Cl2NS. The van der Waals surface area contributed by atoms with Crippen molar-refractivity contribution in [1.29, 1.82) is 0 Å². The van der Waals surface area contributed by atoms with Crippen molar-refractivity contribution in [2.24, 2.45) is 0 Å². The Bertz CT molecular complexity index is 586. The molecule has 0 aliphatic heterocycles. The van der Waals surface area contributed by atoms with E-state index in [1.807, 2.05) is 19.2 Å². The van der Waals surface area contributed by atoms with E-state index in [2.05, 4.69) is 35.8 Å². The summed E-state index contributed by atoms with van der Waals surface area (Å²) >= 11 is 14.0. The van der Waals surface area contributed by atoms with Crippen molar-refractivity contribution in [2.45, 2.75) is 17.4 Å². The van der Waals surface area contributed by atoms with E-state index in [0.29, 0.717) is 5.02 Å². The zero-order chi connectivity index (χ0) is 14.5. The van der Waals surface area contributed by atoms with Crippen molar-refractivity contribution in [3.63, 3.8) is 0 Å². The molecule has 0 aromatic heterocycles. The van der Waals surface area contributed by atoms with Crippen LogP contribution < -0.4 is 5.32 Å². The molecule has 0 aliphatic carbocycles. The first-order chi connectivity index (χ1) is 9.65. The van der Waals surface area contributed by atoms with E-state index in [9.17, 15) is 0 Å². The minimum Gasteiger partial charge on any atom is -0.313 e. The lowest BCUT2D eigenvalue weighted by molar-refractivity contribution is 0.583. The molecule has 0 saturated heterocycles. The molecule has 2 rings (SSSR count). The van der Waals surface area contributed by atoms with Crippen LogP contribution in [0.25, 0.3) is 0 Å². The third-order valence-electron chi connectivity index (χ3n) is 3.30. The van der Waals surface area contributed by atoms with Crippen LogP contribution in [0.5, 0.6) is 0 Å². The highest BCUT2D eigenvalue weighted by atomic mass is 35.5. The molecule has 0 aliphatic rings. The molecule has 4 heteroatoms. The van der Waals surface area contributed by atoms with Crippen LogP contribution in [-0.2, 0) is 6.42 Å². The normalized spacial score (nSPS) is 12.4. The Morgan fingerprint density at radius 2 is 1.90 bits per heavy atom. The van der Waals surface area contributed by atoms with Gasteiger partial charge >= 0.3 is 0 Å². The predicted octanol–water partition coefficient (Wildman–Crippen LogP) is 5.22. The molecule has 1 N–H and O–H groups in total. The standard InChI is InChI=1S/C16H17Cl2NS/c1-19-15(13-5-3-4-6-16(13)20-2)9-11-7-8-12(17)10-14(11)18/h3-8,10,15,19H,9H2,1-2H3. The van der Waals surface area contributed by atoms with Crippen LogP contribution >= 0.6 is 35.0 Å². The third-order valence-corrected chi connectivity index (χ3v) is 4.70. The van der Waals surface area contributed by atoms with Gasteiger partial charge in [-0.25, -0.2) is 0 Å². The second-order valence-corrected chi connectivity index (χ2v) is 6.21. The first kappa shape index (κ1) is 15.7. The molecule has 1 nitrogen and oxygen atoms in total. The molecule has 20 heavy (non-hydrogen) atoms. The number of benzene rings is 2. The molecule has 0 bridgehead atoms. The summed E-state index contributed by atoms with van der Waals surface area (Å²) in [5.41, 5.74) is 2.40. The number of hydrogen-bond donors (Lipinski definition) is 1. The van der Waals surface area contributed by atoms with Crippen LogP contribution in [0.1, 0.15) is 17.2 Å². The van der Waals surface area contributed by atoms with Gasteiger partial charge in [0.2, 0.25) is 0 Å². The number of halogens is 2. The lowest BCUT2D eigenvalue weighted by atomic mass is 9.99. The fourth-order valence-electron chi connectivity index (χ4n) is 2.23. The minimum absolute atomic E-state index is 0.234. The average molecular weight is 326 g/mol. The van der Waals surface area contributed by atoms with Crippen molar-refractivity contribution >= 4 is 35.0 Å². The molecule has 0 amide bonds. The van der Waals surface area contributed by atoms with Crippen molar-refractivity contribution in [1.82, 2.24) is 5.32 Å². The maximum atomic E-state index is 6.27. The van der Waals surface area contributed by atoms with Crippen molar-refractivity contribution in [3.8, 4) is 0 Å². The third kappa shape index (κ3) is 3.70. The lowest BCUT2D eigenvalue weighted by Crippen LogP contribution is -2.19. The van der Waals surface area contributed by atoms with Crippen molar-refractivity contribution in [2.75, 3.05) is 13.3 Å². The van der Waals surface area contributed by atoms with E-state index in [-0.39, 0.29) is 6.04 Å². The highest BCUT2D eigenvalue weighted by molar-refractivity contribution is 7.98. The Balaban J connectivity index is 2.29.